The van der Waals surface area contributed by atoms with E-state index in [0.29, 0.717) is 11.7 Å². The summed E-state index contributed by atoms with van der Waals surface area (Å²) in [4.78, 5) is 13.9. The molecule has 16 heavy (non-hydrogen) atoms. The average molecular weight is 225 g/mol. The molecule has 0 bridgehead atoms. The van der Waals surface area contributed by atoms with E-state index in [1.807, 2.05) is 6.92 Å². The van der Waals surface area contributed by atoms with Crippen molar-refractivity contribution >= 4 is 5.78 Å². The van der Waals surface area contributed by atoms with E-state index in [1.54, 1.807) is 0 Å². The van der Waals surface area contributed by atoms with Crippen molar-refractivity contribution in [2.75, 3.05) is 19.6 Å². The molecular weight excluding hydrogens is 202 g/mol. The molecule has 1 saturated carbocycles. The molecule has 0 aromatic heterocycles. The molecule has 2 rings (SSSR count). The predicted octanol–water partition coefficient (Wildman–Crippen LogP) is 1.59. The Hall–Kier alpha value is -0.410. The molecule has 0 aromatic rings. The van der Waals surface area contributed by atoms with Crippen LogP contribution in [-0.2, 0) is 4.79 Å². The van der Waals surface area contributed by atoms with Crippen LogP contribution in [0.1, 0.15) is 45.4 Å². The summed E-state index contributed by atoms with van der Waals surface area (Å²) in [5.41, 5.74) is -0.459. The second-order valence-electron chi connectivity index (χ2n) is 5.68. The Kier molecular flexibility index (Phi) is 3.65. The van der Waals surface area contributed by atoms with Crippen molar-refractivity contribution in [3.8, 4) is 0 Å². The molecule has 1 heterocycles. The quantitative estimate of drug-likeness (QED) is 0.793. The third kappa shape index (κ3) is 3.05. The third-order valence-corrected chi connectivity index (χ3v) is 4.16. The zero-order chi connectivity index (χ0) is 11.6. The molecule has 3 nitrogen and oxygen atoms in total. The second-order valence-corrected chi connectivity index (χ2v) is 5.68. The van der Waals surface area contributed by atoms with E-state index in [0.717, 1.165) is 58.2 Å². The smallest absolute Gasteiger partial charge is 0.136 e. The molecule has 1 aliphatic heterocycles. The van der Waals surface area contributed by atoms with Gasteiger partial charge < -0.3 is 10.0 Å². The van der Waals surface area contributed by atoms with Gasteiger partial charge in [0.05, 0.1) is 5.60 Å². The fourth-order valence-corrected chi connectivity index (χ4v) is 2.79. The second kappa shape index (κ2) is 4.84. The minimum atomic E-state index is -0.459. The van der Waals surface area contributed by atoms with Gasteiger partial charge in [-0.15, -0.1) is 0 Å². The molecule has 1 saturated heterocycles. The van der Waals surface area contributed by atoms with Crippen molar-refractivity contribution in [2.45, 2.75) is 51.0 Å². The molecule has 0 radical (unpaired) electrons. The Morgan fingerprint density at radius 3 is 2.69 bits per heavy atom. The van der Waals surface area contributed by atoms with Gasteiger partial charge in [0.15, 0.2) is 0 Å². The van der Waals surface area contributed by atoms with Gasteiger partial charge >= 0.3 is 0 Å². The number of piperidine rings is 1. The van der Waals surface area contributed by atoms with Crippen LogP contribution in [0.15, 0.2) is 0 Å². The number of carbonyl (C=O) groups is 1. The first-order valence-corrected chi connectivity index (χ1v) is 6.54. The molecular formula is C13H23NO2. The number of hydrogen-bond acceptors (Lipinski definition) is 3. The number of aliphatic hydroxyl groups is 1. The molecule has 2 fully saturated rings. The van der Waals surface area contributed by atoms with Crippen LogP contribution < -0.4 is 0 Å². The van der Waals surface area contributed by atoms with Gasteiger partial charge in [-0.1, -0.05) is 0 Å². The zero-order valence-corrected chi connectivity index (χ0v) is 10.2. The highest BCUT2D eigenvalue weighted by Gasteiger charge is 2.29. The van der Waals surface area contributed by atoms with Crippen molar-refractivity contribution in [1.29, 1.82) is 0 Å². The molecule has 0 aromatic carbocycles. The standard InChI is InChI=1S/C13H23NO2/c1-13(16)6-9-14(10-7-13)8-5-11-3-2-4-12(11)15/h11,16H,2-10H2,1H3. The van der Waals surface area contributed by atoms with Crippen LogP contribution in [0.4, 0.5) is 0 Å². The lowest BCUT2D eigenvalue weighted by Crippen LogP contribution is -2.43. The number of ketones is 1. The van der Waals surface area contributed by atoms with Crippen LogP contribution >= 0.6 is 0 Å². The summed E-state index contributed by atoms with van der Waals surface area (Å²) in [5.74, 6) is 0.812. The maximum Gasteiger partial charge on any atom is 0.136 e. The predicted molar refractivity (Wildman–Crippen MR) is 63.3 cm³/mol. The number of Topliss-reactive ketones (excluding diaryl/α,β-unsaturated/α-hetero) is 1. The number of nitrogens with zero attached hydrogens (tertiary/aromatic N) is 1. The molecule has 1 N–H and O–H groups in total. The first kappa shape index (κ1) is 12.1. The minimum absolute atomic E-state index is 0.336. The van der Waals surface area contributed by atoms with Gasteiger partial charge in [-0.25, -0.2) is 0 Å². The Morgan fingerprint density at radius 1 is 1.44 bits per heavy atom. The Labute approximate surface area is 97.8 Å². The summed E-state index contributed by atoms with van der Waals surface area (Å²) in [6.07, 6.45) is 5.76. The van der Waals surface area contributed by atoms with E-state index in [1.165, 1.54) is 0 Å². The first-order valence-electron chi connectivity index (χ1n) is 6.54. The van der Waals surface area contributed by atoms with Gasteiger partial charge in [-0.05, 0) is 45.6 Å². The summed E-state index contributed by atoms with van der Waals surface area (Å²) in [6.45, 7) is 4.92. The fourth-order valence-electron chi connectivity index (χ4n) is 2.79. The molecule has 1 aliphatic carbocycles. The highest BCUT2D eigenvalue weighted by atomic mass is 16.3. The maximum absolute atomic E-state index is 11.5. The Morgan fingerprint density at radius 2 is 2.12 bits per heavy atom. The van der Waals surface area contributed by atoms with E-state index < -0.39 is 5.60 Å². The number of likely N-dealkylation sites (tertiary alicyclic amines) is 1. The molecule has 3 heteroatoms. The van der Waals surface area contributed by atoms with Gasteiger partial charge in [-0.3, -0.25) is 4.79 Å². The van der Waals surface area contributed by atoms with E-state index in [-0.39, 0.29) is 0 Å². The summed E-state index contributed by atoms with van der Waals surface area (Å²) < 4.78 is 0. The summed E-state index contributed by atoms with van der Waals surface area (Å²) in [7, 11) is 0. The third-order valence-electron chi connectivity index (χ3n) is 4.16. The summed E-state index contributed by atoms with van der Waals surface area (Å²) >= 11 is 0. The Bertz CT molecular complexity index is 253. The lowest BCUT2D eigenvalue weighted by Gasteiger charge is -2.36. The molecule has 0 spiro atoms. The van der Waals surface area contributed by atoms with Crippen LogP contribution in [-0.4, -0.2) is 41.0 Å². The SMILES string of the molecule is CC1(O)CCN(CCC2CCCC2=O)CC1. The minimum Gasteiger partial charge on any atom is -0.390 e. The number of rotatable bonds is 3. The van der Waals surface area contributed by atoms with Crippen LogP contribution in [0.2, 0.25) is 0 Å². The Balaban J connectivity index is 1.69. The van der Waals surface area contributed by atoms with Crippen molar-refractivity contribution in [3.05, 3.63) is 0 Å². The topological polar surface area (TPSA) is 40.5 Å². The molecule has 92 valence electrons. The van der Waals surface area contributed by atoms with Gasteiger partial charge in [0.2, 0.25) is 0 Å². The first-order chi connectivity index (χ1) is 7.57. The highest BCUT2D eigenvalue weighted by molar-refractivity contribution is 5.82. The number of hydrogen-bond donors (Lipinski definition) is 1. The van der Waals surface area contributed by atoms with Crippen molar-refractivity contribution < 1.29 is 9.90 Å². The lowest BCUT2D eigenvalue weighted by atomic mass is 9.93. The van der Waals surface area contributed by atoms with E-state index in [9.17, 15) is 9.90 Å². The normalized spacial score (nSPS) is 30.9. The van der Waals surface area contributed by atoms with Crippen molar-refractivity contribution in [1.82, 2.24) is 4.90 Å². The van der Waals surface area contributed by atoms with Crippen LogP contribution in [0.3, 0.4) is 0 Å². The van der Waals surface area contributed by atoms with Gasteiger partial charge in [0.1, 0.15) is 5.78 Å². The van der Waals surface area contributed by atoms with Crippen LogP contribution in [0.5, 0.6) is 0 Å². The molecule has 0 amide bonds. The monoisotopic (exact) mass is 225 g/mol. The van der Waals surface area contributed by atoms with E-state index >= 15 is 0 Å². The molecule has 1 unspecified atom stereocenters. The van der Waals surface area contributed by atoms with Crippen LogP contribution in [0, 0.1) is 5.92 Å². The lowest BCUT2D eigenvalue weighted by molar-refractivity contribution is -0.121. The fraction of sp³-hybridized carbons (Fsp3) is 0.923. The van der Waals surface area contributed by atoms with Crippen molar-refractivity contribution in [3.63, 3.8) is 0 Å². The summed E-state index contributed by atoms with van der Waals surface area (Å²) in [5, 5.41) is 9.83. The largest absolute Gasteiger partial charge is 0.390 e. The molecule has 2 aliphatic rings. The zero-order valence-electron chi connectivity index (χ0n) is 10.2. The van der Waals surface area contributed by atoms with Gasteiger partial charge in [0.25, 0.3) is 0 Å². The van der Waals surface area contributed by atoms with E-state index in [2.05, 4.69) is 4.90 Å². The summed E-state index contributed by atoms with van der Waals surface area (Å²) in [6, 6.07) is 0. The highest BCUT2D eigenvalue weighted by Crippen LogP contribution is 2.26. The average Bonchev–Trinajstić information content (AvgIpc) is 2.63. The van der Waals surface area contributed by atoms with E-state index in [4.69, 9.17) is 0 Å². The molecule has 1 atom stereocenters. The number of carbonyl (C=O) groups excluding carboxylic acids is 1. The van der Waals surface area contributed by atoms with Crippen molar-refractivity contribution in [2.24, 2.45) is 5.92 Å². The maximum atomic E-state index is 11.5. The van der Waals surface area contributed by atoms with Crippen LogP contribution in [0.25, 0.3) is 0 Å². The van der Waals surface area contributed by atoms with Gasteiger partial charge in [-0.2, -0.15) is 0 Å². The van der Waals surface area contributed by atoms with Gasteiger partial charge in [0, 0.05) is 25.4 Å².